The summed E-state index contributed by atoms with van der Waals surface area (Å²) in [4.78, 5) is 2.60. The fourth-order valence-electron chi connectivity index (χ4n) is 2.41. The Morgan fingerprint density at radius 1 is 1.50 bits per heavy atom. The van der Waals surface area contributed by atoms with Crippen LogP contribution in [0, 0.1) is 0 Å². The maximum Gasteiger partial charge on any atom is 0.0328 e. The molecule has 0 amide bonds. The summed E-state index contributed by atoms with van der Waals surface area (Å²) in [7, 11) is 0. The Morgan fingerprint density at radius 2 is 2.31 bits per heavy atom. The first-order chi connectivity index (χ1) is 7.58. The van der Waals surface area contributed by atoms with Gasteiger partial charge >= 0.3 is 0 Å². The highest BCUT2D eigenvalue weighted by Gasteiger charge is 2.27. The molecule has 1 saturated heterocycles. The van der Waals surface area contributed by atoms with E-state index in [9.17, 15) is 0 Å². The number of hydrogen-bond acceptors (Lipinski definition) is 3. The molecular formula is C13H22N2S. The van der Waals surface area contributed by atoms with E-state index >= 15 is 0 Å². The smallest absolute Gasteiger partial charge is 0.0328 e. The quantitative estimate of drug-likeness (QED) is 0.852. The van der Waals surface area contributed by atoms with Crippen molar-refractivity contribution < 1.29 is 0 Å². The van der Waals surface area contributed by atoms with Gasteiger partial charge in [0.15, 0.2) is 0 Å². The first-order valence-electron chi connectivity index (χ1n) is 6.10. The zero-order valence-corrected chi connectivity index (χ0v) is 11.3. The van der Waals surface area contributed by atoms with Crippen molar-refractivity contribution in [1.82, 2.24) is 10.2 Å². The minimum atomic E-state index is 0.237. The Hall–Kier alpha value is -0.380. The first kappa shape index (κ1) is 12.1. The lowest BCUT2D eigenvalue weighted by Gasteiger charge is -2.33. The van der Waals surface area contributed by atoms with Crippen molar-refractivity contribution in [3.8, 4) is 0 Å². The van der Waals surface area contributed by atoms with E-state index in [4.69, 9.17) is 0 Å². The molecule has 1 N–H and O–H groups in total. The molecule has 2 rings (SSSR count). The molecule has 1 aromatic heterocycles. The van der Waals surface area contributed by atoms with Crippen LogP contribution in [0.2, 0.25) is 0 Å². The predicted molar refractivity (Wildman–Crippen MR) is 71.0 cm³/mol. The zero-order chi connectivity index (χ0) is 11.6. The van der Waals surface area contributed by atoms with E-state index < -0.39 is 0 Å². The molecule has 1 aliphatic rings. The Labute approximate surface area is 103 Å². The van der Waals surface area contributed by atoms with E-state index in [1.165, 1.54) is 18.5 Å². The van der Waals surface area contributed by atoms with Gasteiger partial charge in [0.25, 0.3) is 0 Å². The Balaban J connectivity index is 2.08. The van der Waals surface area contributed by atoms with E-state index in [2.05, 4.69) is 47.8 Å². The average molecular weight is 238 g/mol. The number of hydrogen-bond donors (Lipinski definition) is 1. The summed E-state index contributed by atoms with van der Waals surface area (Å²) in [6.07, 6.45) is 1.25. The van der Waals surface area contributed by atoms with Crippen molar-refractivity contribution in [2.45, 2.75) is 38.8 Å². The molecule has 90 valence electrons. The molecule has 0 bridgehead atoms. The molecule has 0 radical (unpaired) electrons. The normalized spacial score (nSPS) is 23.9. The highest BCUT2D eigenvalue weighted by Crippen LogP contribution is 2.25. The second kappa shape index (κ2) is 4.86. The van der Waals surface area contributed by atoms with Gasteiger partial charge in [-0.3, -0.25) is 4.90 Å². The number of nitrogens with zero attached hydrogens (tertiary/aromatic N) is 1. The van der Waals surface area contributed by atoms with Crippen LogP contribution in [0.4, 0.5) is 0 Å². The van der Waals surface area contributed by atoms with Gasteiger partial charge < -0.3 is 5.32 Å². The van der Waals surface area contributed by atoms with Gasteiger partial charge in [0.05, 0.1) is 0 Å². The summed E-state index contributed by atoms with van der Waals surface area (Å²) in [5, 5.41) is 8.06. The number of rotatable bonds is 2. The van der Waals surface area contributed by atoms with Crippen molar-refractivity contribution >= 4 is 11.3 Å². The maximum absolute atomic E-state index is 3.61. The molecule has 1 unspecified atom stereocenters. The minimum absolute atomic E-state index is 0.237. The van der Waals surface area contributed by atoms with E-state index in [0.29, 0.717) is 6.04 Å². The van der Waals surface area contributed by atoms with Crippen LogP contribution in [-0.4, -0.2) is 30.1 Å². The van der Waals surface area contributed by atoms with Crippen LogP contribution < -0.4 is 5.32 Å². The lowest BCUT2D eigenvalue weighted by atomic mass is 10.0. The molecule has 2 nitrogen and oxygen atoms in total. The molecule has 2 heterocycles. The molecule has 3 heteroatoms. The largest absolute Gasteiger partial charge is 0.310 e. The second-order valence-corrected chi connectivity index (χ2v) is 6.15. The molecule has 1 fully saturated rings. The lowest BCUT2D eigenvalue weighted by molar-refractivity contribution is 0.180. The van der Waals surface area contributed by atoms with Crippen molar-refractivity contribution in [2.75, 3.05) is 19.6 Å². The fourth-order valence-corrected chi connectivity index (χ4v) is 3.15. The number of nitrogens with one attached hydrogen (secondary N) is 1. The van der Waals surface area contributed by atoms with Crippen molar-refractivity contribution in [3.05, 3.63) is 22.4 Å². The first-order valence-corrected chi connectivity index (χ1v) is 7.04. The third-order valence-corrected chi connectivity index (χ3v) is 4.10. The lowest BCUT2D eigenvalue weighted by Crippen LogP contribution is -2.46. The minimum Gasteiger partial charge on any atom is -0.310 e. The van der Waals surface area contributed by atoms with E-state index in [1.54, 1.807) is 11.3 Å². The van der Waals surface area contributed by atoms with Gasteiger partial charge in [-0.05, 0) is 56.1 Å². The summed E-state index contributed by atoms with van der Waals surface area (Å²) < 4.78 is 0. The molecule has 0 spiro atoms. The zero-order valence-electron chi connectivity index (χ0n) is 10.5. The van der Waals surface area contributed by atoms with Crippen LogP contribution in [0.25, 0.3) is 0 Å². The van der Waals surface area contributed by atoms with E-state index in [-0.39, 0.29) is 5.54 Å². The van der Waals surface area contributed by atoms with Crippen molar-refractivity contribution in [2.24, 2.45) is 0 Å². The van der Waals surface area contributed by atoms with Crippen LogP contribution >= 0.6 is 11.3 Å². The predicted octanol–water partition coefficient (Wildman–Crippen LogP) is 2.88. The van der Waals surface area contributed by atoms with Gasteiger partial charge in [-0.1, -0.05) is 0 Å². The monoisotopic (exact) mass is 238 g/mol. The standard InChI is InChI=1S/C13H22N2S/c1-11(12-5-8-16-9-12)15-7-4-6-14-13(2,3)10-15/h5,8-9,11,14H,4,6-7,10H2,1-3H3. The SMILES string of the molecule is CC(c1ccsc1)N1CCCNC(C)(C)C1. The van der Waals surface area contributed by atoms with Gasteiger partial charge in [0.1, 0.15) is 0 Å². The molecule has 1 aromatic rings. The topological polar surface area (TPSA) is 15.3 Å². The molecule has 0 aromatic carbocycles. The fraction of sp³-hybridized carbons (Fsp3) is 0.692. The summed E-state index contributed by atoms with van der Waals surface area (Å²) in [5.41, 5.74) is 1.70. The van der Waals surface area contributed by atoms with Crippen LogP contribution in [0.1, 0.15) is 38.8 Å². The van der Waals surface area contributed by atoms with E-state index in [1.807, 2.05) is 0 Å². The van der Waals surface area contributed by atoms with Crippen LogP contribution in [0.3, 0.4) is 0 Å². The Morgan fingerprint density at radius 3 is 3.00 bits per heavy atom. The molecule has 1 atom stereocenters. The number of thiophene rings is 1. The third-order valence-electron chi connectivity index (χ3n) is 3.40. The highest BCUT2D eigenvalue weighted by molar-refractivity contribution is 7.07. The van der Waals surface area contributed by atoms with Gasteiger partial charge in [-0.15, -0.1) is 0 Å². The maximum atomic E-state index is 3.61. The molecular weight excluding hydrogens is 216 g/mol. The third kappa shape index (κ3) is 2.84. The summed E-state index contributed by atoms with van der Waals surface area (Å²) in [5.74, 6) is 0. The van der Waals surface area contributed by atoms with Crippen LogP contribution in [0.15, 0.2) is 16.8 Å². The van der Waals surface area contributed by atoms with Crippen LogP contribution in [0.5, 0.6) is 0 Å². The molecule has 1 aliphatic heterocycles. The van der Waals surface area contributed by atoms with Crippen molar-refractivity contribution in [1.29, 1.82) is 0 Å². The summed E-state index contributed by atoms with van der Waals surface area (Å²) in [6, 6.07) is 2.80. The van der Waals surface area contributed by atoms with Crippen LogP contribution in [-0.2, 0) is 0 Å². The Bertz CT molecular complexity index is 319. The highest BCUT2D eigenvalue weighted by atomic mass is 32.1. The summed E-state index contributed by atoms with van der Waals surface area (Å²) >= 11 is 1.79. The van der Waals surface area contributed by atoms with Gasteiger partial charge in [-0.25, -0.2) is 0 Å². The molecule has 16 heavy (non-hydrogen) atoms. The molecule has 0 saturated carbocycles. The molecule has 0 aliphatic carbocycles. The average Bonchev–Trinajstić information content (AvgIpc) is 2.68. The van der Waals surface area contributed by atoms with E-state index in [0.717, 1.165) is 13.1 Å². The van der Waals surface area contributed by atoms with Gasteiger partial charge in [-0.2, -0.15) is 11.3 Å². The summed E-state index contributed by atoms with van der Waals surface area (Å²) in [6.45, 7) is 10.4. The second-order valence-electron chi connectivity index (χ2n) is 5.37. The van der Waals surface area contributed by atoms with Gasteiger partial charge in [0, 0.05) is 24.7 Å². The van der Waals surface area contributed by atoms with Gasteiger partial charge in [0.2, 0.25) is 0 Å². The Kier molecular flexibility index (Phi) is 3.67. The van der Waals surface area contributed by atoms with Crippen molar-refractivity contribution in [3.63, 3.8) is 0 Å².